The highest BCUT2D eigenvalue weighted by molar-refractivity contribution is 6.51. The molecule has 2 aromatic carbocycles. The molecule has 0 aliphatic carbocycles. The van der Waals surface area contributed by atoms with Crippen molar-refractivity contribution in [2.45, 2.75) is 33.0 Å². The van der Waals surface area contributed by atoms with Crippen molar-refractivity contribution in [3.05, 3.63) is 53.1 Å². The van der Waals surface area contributed by atoms with Crippen LogP contribution in [0.15, 0.2) is 36.4 Å². The van der Waals surface area contributed by atoms with Crippen LogP contribution in [0.2, 0.25) is 6.82 Å². The molecule has 0 aliphatic rings. The number of esters is 1. The van der Waals surface area contributed by atoms with E-state index in [1.165, 1.54) is 6.07 Å². The number of alkyl halides is 3. The van der Waals surface area contributed by atoms with Gasteiger partial charge in [0.05, 0.1) is 25.2 Å². The van der Waals surface area contributed by atoms with Gasteiger partial charge in [-0.25, -0.2) is 0 Å². The van der Waals surface area contributed by atoms with Gasteiger partial charge >= 0.3 is 12.1 Å². The molecule has 0 aliphatic heterocycles. The maximum Gasteiger partial charge on any atom is 0.416 e. The third kappa shape index (κ3) is 5.75. The van der Waals surface area contributed by atoms with Gasteiger partial charge in [0.25, 0.3) is 0 Å². The van der Waals surface area contributed by atoms with E-state index in [1.807, 2.05) is 6.82 Å². The van der Waals surface area contributed by atoms with Crippen molar-refractivity contribution in [3.63, 3.8) is 0 Å². The van der Waals surface area contributed by atoms with Gasteiger partial charge in [-0.05, 0) is 36.8 Å². The minimum absolute atomic E-state index is 0.0666. The lowest BCUT2D eigenvalue weighted by Gasteiger charge is -2.15. The Morgan fingerprint density at radius 1 is 1.19 bits per heavy atom. The predicted molar refractivity (Wildman–Crippen MR) is 96.9 cm³/mol. The number of carbonyl (C=O) groups excluding carboxylic acids is 1. The molecule has 0 atom stereocenters. The standard InChI is InChI=1S/C19H20BF3O4/c1-3-26-18(25)8-12-6-14(19(21,22)23)10-16(7-12)27-17-5-4-15(20-2)9-13(17)11-24/h4-7,9-10,20,24H,3,8,11H2,1-2H3. The smallest absolute Gasteiger partial charge is 0.416 e. The number of halogens is 3. The lowest BCUT2D eigenvalue weighted by Crippen LogP contribution is -2.12. The summed E-state index contributed by atoms with van der Waals surface area (Å²) in [6, 6.07) is 8.25. The molecular weight excluding hydrogens is 360 g/mol. The van der Waals surface area contributed by atoms with Crippen LogP contribution in [0.25, 0.3) is 0 Å². The van der Waals surface area contributed by atoms with Gasteiger partial charge in [0.1, 0.15) is 11.5 Å². The summed E-state index contributed by atoms with van der Waals surface area (Å²) in [6.45, 7) is 3.41. The van der Waals surface area contributed by atoms with Gasteiger partial charge in [-0.15, -0.1) is 0 Å². The van der Waals surface area contributed by atoms with E-state index in [1.54, 1.807) is 25.1 Å². The van der Waals surface area contributed by atoms with Gasteiger partial charge in [0.2, 0.25) is 0 Å². The van der Waals surface area contributed by atoms with Crippen LogP contribution in [0.3, 0.4) is 0 Å². The van der Waals surface area contributed by atoms with E-state index in [2.05, 4.69) is 0 Å². The first-order valence-corrected chi connectivity index (χ1v) is 8.54. The summed E-state index contributed by atoms with van der Waals surface area (Å²) in [5.74, 6) is -0.426. The van der Waals surface area contributed by atoms with Gasteiger partial charge in [-0.2, -0.15) is 13.2 Å². The van der Waals surface area contributed by atoms with E-state index in [4.69, 9.17) is 9.47 Å². The fourth-order valence-electron chi connectivity index (χ4n) is 2.57. The van der Waals surface area contributed by atoms with E-state index in [-0.39, 0.29) is 36.7 Å². The summed E-state index contributed by atoms with van der Waals surface area (Å²) in [6.07, 6.45) is -4.88. The van der Waals surface area contributed by atoms with Crippen LogP contribution in [0.1, 0.15) is 23.6 Å². The molecule has 144 valence electrons. The van der Waals surface area contributed by atoms with Crippen molar-refractivity contribution >= 4 is 18.7 Å². The van der Waals surface area contributed by atoms with Crippen molar-refractivity contribution in [2.24, 2.45) is 0 Å². The number of ether oxygens (including phenoxy) is 2. The molecule has 0 heterocycles. The molecule has 8 heteroatoms. The Labute approximate surface area is 156 Å². The monoisotopic (exact) mass is 380 g/mol. The number of benzene rings is 2. The summed E-state index contributed by atoms with van der Waals surface area (Å²) < 4.78 is 50.0. The first kappa shape index (κ1) is 20.8. The minimum atomic E-state index is -4.59. The minimum Gasteiger partial charge on any atom is -0.466 e. The highest BCUT2D eigenvalue weighted by atomic mass is 19.4. The Morgan fingerprint density at radius 3 is 2.52 bits per heavy atom. The van der Waals surface area contributed by atoms with Crippen LogP contribution in [0, 0.1) is 0 Å². The van der Waals surface area contributed by atoms with E-state index >= 15 is 0 Å². The fourth-order valence-corrected chi connectivity index (χ4v) is 2.57. The number of aliphatic hydroxyl groups is 1. The van der Waals surface area contributed by atoms with Crippen molar-refractivity contribution in [1.82, 2.24) is 0 Å². The van der Waals surface area contributed by atoms with Crippen LogP contribution in [0.5, 0.6) is 11.5 Å². The molecule has 27 heavy (non-hydrogen) atoms. The molecule has 0 unspecified atom stereocenters. The van der Waals surface area contributed by atoms with Crippen molar-refractivity contribution in [2.75, 3.05) is 6.61 Å². The zero-order valence-electron chi connectivity index (χ0n) is 15.1. The normalized spacial score (nSPS) is 11.2. The predicted octanol–water partition coefficient (Wildman–Crippen LogP) is 3.21. The quantitative estimate of drug-likeness (QED) is 0.592. The molecule has 2 aromatic rings. The molecule has 0 saturated carbocycles. The molecule has 2 rings (SSSR count). The van der Waals surface area contributed by atoms with Gasteiger partial charge in [0, 0.05) is 5.56 Å². The Balaban J connectivity index is 2.39. The zero-order chi connectivity index (χ0) is 20.0. The third-order valence-corrected chi connectivity index (χ3v) is 3.88. The van der Waals surface area contributed by atoms with E-state index in [9.17, 15) is 23.1 Å². The molecule has 0 spiro atoms. The third-order valence-electron chi connectivity index (χ3n) is 3.88. The topological polar surface area (TPSA) is 55.8 Å². The Hall–Kier alpha value is -2.48. The van der Waals surface area contributed by atoms with E-state index in [0.29, 0.717) is 5.56 Å². The van der Waals surface area contributed by atoms with Crippen molar-refractivity contribution < 1.29 is 32.5 Å². The summed E-state index contributed by atoms with van der Waals surface area (Å²) >= 11 is 0. The number of aliphatic hydroxyl groups excluding tert-OH is 1. The molecule has 1 N–H and O–H groups in total. The lowest BCUT2D eigenvalue weighted by molar-refractivity contribution is -0.142. The first-order chi connectivity index (χ1) is 12.8. The van der Waals surface area contributed by atoms with E-state index in [0.717, 1.165) is 24.9 Å². The van der Waals surface area contributed by atoms with Crippen LogP contribution in [0.4, 0.5) is 13.2 Å². The number of hydrogen-bond donors (Lipinski definition) is 1. The lowest BCUT2D eigenvalue weighted by atomic mass is 9.73. The maximum atomic E-state index is 13.2. The Bertz CT molecular complexity index is 806. The number of hydrogen-bond acceptors (Lipinski definition) is 4. The average Bonchev–Trinajstić information content (AvgIpc) is 2.61. The SMILES string of the molecule is CBc1ccc(Oc2cc(CC(=O)OCC)cc(C(F)(F)F)c2)c(CO)c1. The molecule has 0 fully saturated rings. The largest absolute Gasteiger partial charge is 0.466 e. The van der Waals surface area contributed by atoms with Gasteiger partial charge in [-0.3, -0.25) is 4.79 Å². The van der Waals surface area contributed by atoms with Gasteiger partial charge < -0.3 is 14.6 Å². The summed E-state index contributed by atoms with van der Waals surface area (Å²) in [7, 11) is 0.751. The first-order valence-electron chi connectivity index (χ1n) is 8.54. The summed E-state index contributed by atoms with van der Waals surface area (Å²) in [5.41, 5.74) is 0.654. The second-order valence-corrected chi connectivity index (χ2v) is 5.90. The highest BCUT2D eigenvalue weighted by Gasteiger charge is 2.31. The molecule has 0 amide bonds. The second kappa shape index (κ2) is 8.95. The summed E-state index contributed by atoms with van der Waals surface area (Å²) in [4.78, 5) is 11.6. The van der Waals surface area contributed by atoms with Crippen LogP contribution in [-0.4, -0.2) is 25.0 Å². The fraction of sp³-hybridized carbons (Fsp3) is 0.316. The molecule has 0 aromatic heterocycles. The van der Waals surface area contributed by atoms with Crippen LogP contribution in [-0.2, 0) is 28.7 Å². The Morgan fingerprint density at radius 2 is 1.93 bits per heavy atom. The molecule has 4 nitrogen and oxygen atoms in total. The number of rotatable bonds is 7. The average molecular weight is 380 g/mol. The van der Waals surface area contributed by atoms with Crippen LogP contribution < -0.4 is 10.2 Å². The maximum absolute atomic E-state index is 13.2. The highest BCUT2D eigenvalue weighted by Crippen LogP contribution is 2.35. The van der Waals surface area contributed by atoms with Crippen LogP contribution >= 0.6 is 0 Å². The molecular formula is C19H20BF3O4. The molecule has 0 bridgehead atoms. The van der Waals surface area contributed by atoms with Crippen molar-refractivity contribution in [3.8, 4) is 11.5 Å². The van der Waals surface area contributed by atoms with Gasteiger partial charge in [0.15, 0.2) is 7.28 Å². The number of carbonyl (C=O) groups is 1. The molecule has 0 radical (unpaired) electrons. The second-order valence-electron chi connectivity index (χ2n) is 5.90. The Kier molecular flexibility index (Phi) is 6.90. The van der Waals surface area contributed by atoms with E-state index < -0.39 is 17.7 Å². The van der Waals surface area contributed by atoms with Crippen molar-refractivity contribution in [1.29, 1.82) is 0 Å². The van der Waals surface area contributed by atoms with Gasteiger partial charge in [-0.1, -0.05) is 24.4 Å². The summed E-state index contributed by atoms with van der Waals surface area (Å²) in [5, 5.41) is 9.51. The molecule has 0 saturated heterocycles. The zero-order valence-corrected chi connectivity index (χ0v) is 15.1.